The van der Waals surface area contributed by atoms with Crippen molar-refractivity contribution < 1.29 is 23.9 Å². The Morgan fingerprint density at radius 1 is 1.25 bits per heavy atom. The highest BCUT2D eigenvalue weighted by Gasteiger charge is 2.25. The summed E-state index contributed by atoms with van der Waals surface area (Å²) in [5.41, 5.74) is -1.59. The average molecular weight is 398 g/mol. The minimum atomic E-state index is -1.08. The summed E-state index contributed by atoms with van der Waals surface area (Å²) in [5, 5.41) is 4.76. The van der Waals surface area contributed by atoms with E-state index in [1.54, 1.807) is 20.8 Å². The zero-order valence-corrected chi connectivity index (χ0v) is 16.6. The lowest BCUT2D eigenvalue weighted by molar-refractivity contribution is -0.141. The minimum absolute atomic E-state index is 0.0115. The van der Waals surface area contributed by atoms with Gasteiger partial charge in [0.15, 0.2) is 0 Å². The molecule has 1 aromatic heterocycles. The molecule has 11 nitrogen and oxygen atoms in total. The molecule has 11 heteroatoms. The van der Waals surface area contributed by atoms with E-state index in [0.717, 1.165) is 0 Å². The Kier molecular flexibility index (Phi) is 7.96. The highest BCUT2D eigenvalue weighted by atomic mass is 16.6. The fraction of sp³-hybridized carbons (Fsp3) is 0.588. The van der Waals surface area contributed by atoms with Crippen molar-refractivity contribution in [3.63, 3.8) is 0 Å². The van der Waals surface area contributed by atoms with E-state index in [0.29, 0.717) is 5.56 Å². The second kappa shape index (κ2) is 9.72. The standard InChI is InChI=1S/C17H26N4O7/c1-10-9-21(15(25)20-13(10)23)7-6-11(14(24)18-8-12(22)27-5)19-16(26)28-17(2,3)4/h9,11H,6-8H2,1-5H3,(H,18,24)(H,19,26)(H,20,23,25). The maximum absolute atomic E-state index is 12.4. The van der Waals surface area contributed by atoms with Crippen molar-refractivity contribution in [3.05, 3.63) is 32.6 Å². The molecule has 0 aliphatic carbocycles. The van der Waals surface area contributed by atoms with Crippen LogP contribution in [0.2, 0.25) is 0 Å². The number of aryl methyl sites for hydroxylation is 2. The van der Waals surface area contributed by atoms with Crippen molar-refractivity contribution in [1.29, 1.82) is 0 Å². The molecule has 0 saturated carbocycles. The van der Waals surface area contributed by atoms with E-state index in [1.165, 1.54) is 24.8 Å². The Balaban J connectivity index is 2.90. The largest absolute Gasteiger partial charge is 0.468 e. The van der Waals surface area contributed by atoms with Gasteiger partial charge in [0.25, 0.3) is 5.56 Å². The summed E-state index contributed by atoms with van der Waals surface area (Å²) in [4.78, 5) is 61.1. The highest BCUT2D eigenvalue weighted by molar-refractivity contribution is 5.88. The lowest BCUT2D eigenvalue weighted by Gasteiger charge is -2.23. The number of hydrogen-bond acceptors (Lipinski definition) is 7. The predicted molar refractivity (Wildman–Crippen MR) is 98.9 cm³/mol. The molecule has 1 atom stereocenters. The van der Waals surface area contributed by atoms with Gasteiger partial charge in [0.05, 0.1) is 7.11 Å². The van der Waals surface area contributed by atoms with Gasteiger partial charge in [-0.05, 0) is 34.1 Å². The van der Waals surface area contributed by atoms with Crippen LogP contribution < -0.4 is 21.9 Å². The highest BCUT2D eigenvalue weighted by Crippen LogP contribution is 2.07. The summed E-state index contributed by atoms with van der Waals surface area (Å²) in [7, 11) is 1.18. The van der Waals surface area contributed by atoms with Crippen LogP contribution in [0.15, 0.2) is 15.8 Å². The number of aromatic nitrogens is 2. The summed E-state index contributed by atoms with van der Waals surface area (Å²) in [5.74, 6) is -1.30. The lowest BCUT2D eigenvalue weighted by atomic mass is 10.2. The Morgan fingerprint density at radius 3 is 2.46 bits per heavy atom. The van der Waals surface area contributed by atoms with E-state index < -0.39 is 40.9 Å². The third-order valence-electron chi connectivity index (χ3n) is 3.49. The van der Waals surface area contributed by atoms with E-state index in [-0.39, 0.29) is 19.5 Å². The second-order valence-electron chi connectivity index (χ2n) is 7.05. The predicted octanol–water partition coefficient (Wildman–Crippen LogP) is -0.582. The van der Waals surface area contributed by atoms with Crippen LogP contribution in [0.4, 0.5) is 4.79 Å². The molecule has 0 spiro atoms. The Morgan fingerprint density at radius 2 is 1.89 bits per heavy atom. The molecule has 0 fully saturated rings. The first-order valence-corrected chi connectivity index (χ1v) is 8.57. The first kappa shape index (κ1) is 22.9. The number of nitrogens with zero attached hydrogens (tertiary/aromatic N) is 1. The summed E-state index contributed by atoms with van der Waals surface area (Å²) in [6, 6.07) is -1.08. The maximum atomic E-state index is 12.4. The van der Waals surface area contributed by atoms with Crippen LogP contribution in [0.5, 0.6) is 0 Å². The van der Waals surface area contributed by atoms with Gasteiger partial charge in [-0.25, -0.2) is 9.59 Å². The molecule has 156 valence electrons. The molecule has 1 unspecified atom stereocenters. The molecule has 28 heavy (non-hydrogen) atoms. The van der Waals surface area contributed by atoms with Crippen LogP contribution in [0.1, 0.15) is 32.8 Å². The quantitative estimate of drug-likeness (QED) is 0.520. The van der Waals surface area contributed by atoms with Gasteiger partial charge in [-0.1, -0.05) is 0 Å². The van der Waals surface area contributed by atoms with Gasteiger partial charge in [0, 0.05) is 18.3 Å². The molecule has 1 heterocycles. The van der Waals surface area contributed by atoms with Crippen LogP contribution in [0.25, 0.3) is 0 Å². The number of hydrogen-bond donors (Lipinski definition) is 3. The van der Waals surface area contributed by atoms with Crippen LogP contribution in [0.3, 0.4) is 0 Å². The number of methoxy groups -OCH3 is 1. The number of alkyl carbamates (subject to hydrolysis) is 1. The number of carbonyl (C=O) groups excluding carboxylic acids is 3. The van der Waals surface area contributed by atoms with Gasteiger partial charge in [0.1, 0.15) is 18.2 Å². The van der Waals surface area contributed by atoms with Gasteiger partial charge in [0.2, 0.25) is 5.91 Å². The first-order valence-electron chi connectivity index (χ1n) is 8.57. The number of H-pyrrole nitrogens is 1. The summed E-state index contributed by atoms with van der Waals surface area (Å²) in [6.07, 6.45) is 0.547. The van der Waals surface area contributed by atoms with Crippen molar-refractivity contribution in [2.45, 2.75) is 52.3 Å². The molecule has 0 aliphatic heterocycles. The van der Waals surface area contributed by atoms with Gasteiger partial charge in [-0.2, -0.15) is 0 Å². The van der Waals surface area contributed by atoms with Crippen LogP contribution in [-0.4, -0.2) is 52.8 Å². The number of nitrogens with one attached hydrogen (secondary N) is 3. The van der Waals surface area contributed by atoms with E-state index in [9.17, 15) is 24.0 Å². The molecular formula is C17H26N4O7. The molecule has 2 amide bonds. The third-order valence-corrected chi connectivity index (χ3v) is 3.49. The molecule has 0 bridgehead atoms. The van der Waals surface area contributed by atoms with Crippen molar-refractivity contribution in [2.24, 2.45) is 0 Å². The van der Waals surface area contributed by atoms with Gasteiger partial charge in [-0.3, -0.25) is 19.4 Å². The Bertz CT molecular complexity index is 835. The molecule has 0 radical (unpaired) electrons. The SMILES string of the molecule is COC(=O)CNC(=O)C(CCn1cc(C)c(=O)[nH]c1=O)NC(=O)OC(C)(C)C. The zero-order chi connectivity index (χ0) is 21.5. The average Bonchev–Trinajstić information content (AvgIpc) is 2.58. The molecule has 1 rings (SSSR count). The van der Waals surface area contributed by atoms with E-state index in [1.807, 2.05) is 0 Å². The number of aromatic amines is 1. The van der Waals surface area contributed by atoms with Crippen LogP contribution in [0, 0.1) is 6.92 Å². The maximum Gasteiger partial charge on any atom is 0.408 e. The van der Waals surface area contributed by atoms with Crippen LogP contribution in [-0.2, 0) is 25.6 Å². The molecule has 1 aromatic rings. The van der Waals surface area contributed by atoms with Crippen molar-refractivity contribution in [1.82, 2.24) is 20.2 Å². The smallest absolute Gasteiger partial charge is 0.408 e. The normalized spacial score (nSPS) is 12.0. The fourth-order valence-electron chi connectivity index (χ4n) is 2.13. The van der Waals surface area contributed by atoms with E-state index in [2.05, 4.69) is 20.4 Å². The monoisotopic (exact) mass is 398 g/mol. The summed E-state index contributed by atoms with van der Waals surface area (Å²) < 4.78 is 10.8. The Labute approximate surface area is 161 Å². The van der Waals surface area contributed by atoms with Gasteiger partial charge in [-0.15, -0.1) is 0 Å². The molecule has 0 aromatic carbocycles. The Hall–Kier alpha value is -3.11. The number of ether oxygens (including phenoxy) is 2. The third kappa shape index (κ3) is 7.64. The number of rotatable bonds is 7. The fourth-order valence-corrected chi connectivity index (χ4v) is 2.13. The molecular weight excluding hydrogens is 372 g/mol. The van der Waals surface area contributed by atoms with E-state index in [4.69, 9.17) is 4.74 Å². The molecule has 0 aliphatic rings. The van der Waals surface area contributed by atoms with Gasteiger partial charge >= 0.3 is 17.8 Å². The molecule has 0 saturated heterocycles. The minimum Gasteiger partial charge on any atom is -0.468 e. The van der Waals surface area contributed by atoms with Gasteiger partial charge < -0.3 is 24.7 Å². The zero-order valence-electron chi connectivity index (χ0n) is 16.6. The number of amides is 2. The summed E-state index contributed by atoms with van der Waals surface area (Å²) in [6.45, 7) is 6.20. The first-order chi connectivity index (χ1) is 12.9. The van der Waals surface area contributed by atoms with Crippen molar-refractivity contribution in [2.75, 3.05) is 13.7 Å². The summed E-state index contributed by atoms with van der Waals surface area (Å²) >= 11 is 0. The molecule has 3 N–H and O–H groups in total. The second-order valence-corrected chi connectivity index (χ2v) is 7.05. The topological polar surface area (TPSA) is 149 Å². The number of esters is 1. The lowest BCUT2D eigenvalue weighted by Crippen LogP contribution is -2.50. The van der Waals surface area contributed by atoms with Crippen molar-refractivity contribution in [3.8, 4) is 0 Å². The van der Waals surface area contributed by atoms with Crippen molar-refractivity contribution >= 4 is 18.0 Å². The number of carbonyl (C=O) groups is 3. The van der Waals surface area contributed by atoms with E-state index >= 15 is 0 Å². The van der Waals surface area contributed by atoms with Crippen LogP contribution >= 0.6 is 0 Å².